The molecule has 5 aromatic rings. The lowest BCUT2D eigenvalue weighted by Crippen LogP contribution is -2.69. The number of piperidine rings is 1. The lowest BCUT2D eigenvalue weighted by molar-refractivity contribution is -0.384. The molecular formula is C50H55N5O13S. The van der Waals surface area contributed by atoms with E-state index in [1.165, 1.54) is 0 Å². The van der Waals surface area contributed by atoms with Crippen LogP contribution in [0.5, 0.6) is 0 Å². The van der Waals surface area contributed by atoms with Gasteiger partial charge < -0.3 is 38.3 Å². The Bertz CT molecular complexity index is 2590. The first-order valence-electron chi connectivity index (χ1n) is 22.3. The summed E-state index contributed by atoms with van der Waals surface area (Å²) in [6.45, 7) is 3.69. The first-order chi connectivity index (χ1) is 33.2. The molecule has 19 heteroatoms. The van der Waals surface area contributed by atoms with Crippen LogP contribution in [0.3, 0.4) is 0 Å². The van der Waals surface area contributed by atoms with Gasteiger partial charge in [-0.15, -0.1) is 0 Å². The molecule has 0 aliphatic carbocycles. The fourth-order valence-corrected chi connectivity index (χ4v) is 9.75. The van der Waals surface area contributed by atoms with Crippen molar-refractivity contribution in [3.05, 3.63) is 188 Å². The second-order valence-electron chi connectivity index (χ2n) is 17.4. The van der Waals surface area contributed by atoms with E-state index in [1.807, 2.05) is 121 Å². The summed E-state index contributed by atoms with van der Waals surface area (Å²) < 4.78 is 76.8. The zero-order chi connectivity index (χ0) is 49.0. The quantitative estimate of drug-likeness (QED) is 0.0200. The van der Waals surface area contributed by atoms with E-state index < -0.39 is 94.7 Å². The van der Waals surface area contributed by atoms with Crippen molar-refractivity contribution in [2.75, 3.05) is 13.2 Å². The smallest absolute Gasteiger partial charge is 0.327 e. The largest absolute Gasteiger partial charge is 0.459 e. The van der Waals surface area contributed by atoms with Crippen molar-refractivity contribution >= 4 is 21.7 Å². The van der Waals surface area contributed by atoms with Crippen LogP contribution in [0.2, 0.25) is 0 Å². The summed E-state index contributed by atoms with van der Waals surface area (Å²) in [5.74, 6) is -1.04. The Morgan fingerprint density at radius 3 is 1.65 bits per heavy atom. The minimum atomic E-state index is -4.78. The number of nitro groups is 1. The molecule has 2 aliphatic heterocycles. The van der Waals surface area contributed by atoms with E-state index in [2.05, 4.69) is 10.0 Å². The third kappa shape index (κ3) is 13.2. The molecule has 2 fully saturated rings. The summed E-state index contributed by atoms with van der Waals surface area (Å²) in [5, 5.41) is 26.8. The summed E-state index contributed by atoms with van der Waals surface area (Å²) in [6.07, 6.45) is -9.23. The van der Waals surface area contributed by atoms with Gasteiger partial charge in [0.25, 0.3) is 5.69 Å². The molecule has 69 heavy (non-hydrogen) atoms. The van der Waals surface area contributed by atoms with E-state index in [-0.39, 0.29) is 37.0 Å². The lowest BCUT2D eigenvalue weighted by Gasteiger charge is -2.50. The summed E-state index contributed by atoms with van der Waals surface area (Å²) >= 11 is 0. The van der Waals surface area contributed by atoms with Crippen molar-refractivity contribution in [2.24, 2.45) is 5.11 Å². The number of carbonyl (C=O) groups excluding carboxylic acids is 1. The van der Waals surface area contributed by atoms with Crippen LogP contribution in [0.25, 0.3) is 10.4 Å². The van der Waals surface area contributed by atoms with Gasteiger partial charge in [-0.1, -0.05) is 126 Å². The highest BCUT2D eigenvalue weighted by molar-refractivity contribution is 7.89. The summed E-state index contributed by atoms with van der Waals surface area (Å²) in [7, 11) is -4.78. The van der Waals surface area contributed by atoms with Crippen molar-refractivity contribution < 1.29 is 56.4 Å². The van der Waals surface area contributed by atoms with Gasteiger partial charge in [-0.3, -0.25) is 14.9 Å². The lowest BCUT2D eigenvalue weighted by atomic mass is 9.93. The molecule has 0 bridgehead atoms. The van der Waals surface area contributed by atoms with Crippen LogP contribution in [-0.2, 0) is 74.4 Å². The molecule has 364 valence electrons. The molecular weight excluding hydrogens is 911 g/mol. The van der Waals surface area contributed by atoms with Crippen LogP contribution in [-0.4, -0.2) is 102 Å². The third-order valence-corrected chi connectivity index (χ3v) is 13.3. The molecule has 0 unspecified atom stereocenters. The Hall–Kier alpha value is -6.09. The maximum absolute atomic E-state index is 15.1. The number of carbonyl (C=O) groups is 1. The molecule has 0 radical (unpaired) electrons. The number of esters is 1. The highest BCUT2D eigenvalue weighted by Crippen LogP contribution is 2.38. The molecule has 0 amide bonds. The fourth-order valence-electron chi connectivity index (χ4n) is 8.15. The molecule has 2 saturated heterocycles. The van der Waals surface area contributed by atoms with Crippen LogP contribution in [0.1, 0.15) is 43.0 Å². The first-order valence-corrected chi connectivity index (χ1v) is 23.8. The topological polar surface area (TPSA) is 231 Å². The van der Waals surface area contributed by atoms with Gasteiger partial charge >= 0.3 is 5.97 Å². The van der Waals surface area contributed by atoms with Crippen molar-refractivity contribution in [3.63, 3.8) is 0 Å². The number of non-ortho nitro benzene ring substituents is 1. The minimum absolute atomic E-state index is 0.00243. The second kappa shape index (κ2) is 23.5. The number of ether oxygens (including phenoxy) is 7. The average molecular weight is 966 g/mol. The van der Waals surface area contributed by atoms with Crippen molar-refractivity contribution in [2.45, 2.75) is 113 Å². The minimum Gasteiger partial charge on any atom is -0.459 e. The van der Waals surface area contributed by atoms with Crippen LogP contribution < -0.4 is 0 Å². The number of benzene rings is 5. The van der Waals surface area contributed by atoms with Crippen LogP contribution in [0.15, 0.2) is 156 Å². The Morgan fingerprint density at radius 1 is 0.739 bits per heavy atom. The maximum Gasteiger partial charge on any atom is 0.327 e. The normalized spacial score (nSPS) is 24.2. The molecule has 5 aromatic carbocycles. The number of hydrogen-bond acceptors (Lipinski definition) is 14. The standard InChI is InChI=1S/C50H55N5O13S/c1-50(2,3)68-48(57)43-47(67-49-42(52-53-51)46(65-33-37-22-14-7-15-23-37)45(41(29-56)66-49)64-32-36-20-12-6-13-21-36)44(63-31-35-18-10-5-11-19-35)40(62-30-34-16-8-4-9-17-34)28-54(43)69(60,61)39-26-24-38(25-27-39)55(58)59/h4-27,40-47,49,56H,28-33H2,1-3H3/t40-,41+,42+,43+,44+,45+,46+,47+,49+/m0/s1. The molecule has 0 saturated carbocycles. The van der Waals surface area contributed by atoms with Crippen LogP contribution in [0.4, 0.5) is 5.69 Å². The van der Waals surface area contributed by atoms with Gasteiger partial charge in [0.1, 0.15) is 48.3 Å². The third-order valence-electron chi connectivity index (χ3n) is 11.4. The zero-order valence-corrected chi connectivity index (χ0v) is 39.1. The number of rotatable bonds is 20. The molecule has 1 N–H and O–H groups in total. The predicted octanol–water partition coefficient (Wildman–Crippen LogP) is 7.43. The number of hydrogen-bond donors (Lipinski definition) is 1. The van der Waals surface area contributed by atoms with E-state index in [9.17, 15) is 25.5 Å². The van der Waals surface area contributed by atoms with E-state index >= 15 is 8.42 Å². The zero-order valence-electron chi connectivity index (χ0n) is 38.3. The number of aliphatic hydroxyl groups excluding tert-OH is 1. The van der Waals surface area contributed by atoms with Gasteiger partial charge in [-0.2, -0.15) is 4.31 Å². The number of aliphatic hydroxyl groups is 1. The number of azide groups is 1. The maximum atomic E-state index is 15.1. The van der Waals surface area contributed by atoms with Gasteiger partial charge in [0.2, 0.25) is 10.0 Å². The molecule has 0 aromatic heterocycles. The van der Waals surface area contributed by atoms with Crippen LogP contribution >= 0.6 is 0 Å². The van der Waals surface area contributed by atoms with Gasteiger partial charge in [0, 0.05) is 23.6 Å². The first kappa shape index (κ1) is 50.8. The highest BCUT2D eigenvalue weighted by Gasteiger charge is 2.57. The van der Waals surface area contributed by atoms with E-state index in [4.69, 9.17) is 33.2 Å². The number of sulfonamides is 1. The fraction of sp³-hybridized carbons (Fsp3) is 0.380. The summed E-state index contributed by atoms with van der Waals surface area (Å²) in [5.41, 5.74) is 11.7. The van der Waals surface area contributed by atoms with Gasteiger partial charge in [0.15, 0.2) is 12.3 Å². The number of nitrogens with zero attached hydrogens (tertiary/aromatic N) is 5. The Balaban J connectivity index is 1.36. The monoisotopic (exact) mass is 965 g/mol. The number of nitro benzene ring substituents is 1. The van der Waals surface area contributed by atoms with E-state index in [0.29, 0.717) is 0 Å². The summed E-state index contributed by atoms with van der Waals surface area (Å²) in [4.78, 5) is 28.7. The average Bonchev–Trinajstić information content (AvgIpc) is 3.35. The Labute approximate surface area is 400 Å². The second-order valence-corrected chi connectivity index (χ2v) is 19.3. The molecule has 9 atom stereocenters. The Kier molecular flexibility index (Phi) is 17.3. The molecule has 2 aliphatic rings. The van der Waals surface area contributed by atoms with Gasteiger partial charge in [0.05, 0.1) is 42.9 Å². The molecule has 0 spiro atoms. The van der Waals surface area contributed by atoms with Gasteiger partial charge in [-0.05, 0) is 60.7 Å². The highest BCUT2D eigenvalue weighted by atomic mass is 32.2. The molecule has 2 heterocycles. The van der Waals surface area contributed by atoms with Crippen molar-refractivity contribution in [3.8, 4) is 0 Å². The van der Waals surface area contributed by atoms with Crippen molar-refractivity contribution in [1.29, 1.82) is 0 Å². The molecule has 18 nitrogen and oxygen atoms in total. The molecule has 7 rings (SSSR count). The SMILES string of the molecule is CC(C)(C)OC(=O)[C@H]1[C@@H](O[C@H]2O[C@H](CO)[C@@H](OCc3ccccc3)[C@H](OCc3ccccc3)[C@H]2N=[N+]=[N-])[C@H](OCc2ccccc2)[C@@H](OCc2ccccc2)CN1S(=O)(=O)c1ccc([N+](=O)[O-])cc1. The Morgan fingerprint density at radius 2 is 1.20 bits per heavy atom. The van der Waals surface area contributed by atoms with Crippen LogP contribution in [0, 0.1) is 10.1 Å². The predicted molar refractivity (Wildman–Crippen MR) is 250 cm³/mol. The summed E-state index contributed by atoms with van der Waals surface area (Å²) in [6, 6.07) is 37.7. The van der Waals surface area contributed by atoms with Gasteiger partial charge in [-0.25, -0.2) is 8.42 Å². The van der Waals surface area contributed by atoms with E-state index in [1.54, 1.807) is 20.8 Å². The van der Waals surface area contributed by atoms with Crippen molar-refractivity contribution in [1.82, 2.24) is 4.31 Å². The van der Waals surface area contributed by atoms with E-state index in [0.717, 1.165) is 50.8 Å².